The Balaban J connectivity index is 1.85. The lowest BCUT2D eigenvalue weighted by Gasteiger charge is -2.13. The van der Waals surface area contributed by atoms with Crippen LogP contribution in [0.15, 0.2) is 41.1 Å². The fourth-order valence-corrected chi connectivity index (χ4v) is 2.70. The van der Waals surface area contributed by atoms with E-state index >= 15 is 0 Å². The molecule has 10 heteroatoms. The highest BCUT2D eigenvalue weighted by Gasteiger charge is 2.11. The minimum absolute atomic E-state index is 0.113. The Kier molecular flexibility index (Phi) is 5.55. The Morgan fingerprint density at radius 1 is 1.30 bits per heavy atom. The lowest BCUT2D eigenvalue weighted by molar-refractivity contribution is 0.191. The van der Waals surface area contributed by atoms with Crippen LogP contribution in [0.5, 0.6) is 5.75 Å². The van der Waals surface area contributed by atoms with Crippen molar-refractivity contribution in [1.82, 2.24) is 15.3 Å². The lowest BCUT2D eigenvalue weighted by Crippen LogP contribution is -2.26. The third-order valence-electron chi connectivity index (χ3n) is 3.59. The van der Waals surface area contributed by atoms with Gasteiger partial charge in [0.15, 0.2) is 0 Å². The van der Waals surface area contributed by atoms with Gasteiger partial charge in [-0.1, -0.05) is 15.9 Å². The fraction of sp³-hybridized carbons (Fsp3) is 0.118. The van der Waals surface area contributed by atoms with Crippen molar-refractivity contribution >= 4 is 50.1 Å². The molecule has 0 fully saturated rings. The second-order valence-corrected chi connectivity index (χ2v) is 6.37. The molecule has 0 saturated carbocycles. The van der Waals surface area contributed by atoms with Crippen molar-refractivity contribution < 1.29 is 19.0 Å². The summed E-state index contributed by atoms with van der Waals surface area (Å²) in [6.45, 7) is 0.231. The normalized spacial score (nSPS) is 10.6. The summed E-state index contributed by atoms with van der Waals surface area (Å²) in [5.74, 6) is 0.330. The fourth-order valence-electron chi connectivity index (χ4n) is 2.36. The summed E-state index contributed by atoms with van der Waals surface area (Å²) in [4.78, 5) is 18.8. The van der Waals surface area contributed by atoms with Gasteiger partial charge in [0.2, 0.25) is 0 Å². The van der Waals surface area contributed by atoms with E-state index in [1.54, 1.807) is 24.3 Å². The molecule has 2 aromatic carbocycles. The van der Waals surface area contributed by atoms with Gasteiger partial charge in [0.1, 0.15) is 30.3 Å². The number of halogens is 2. The second-order valence-electron chi connectivity index (χ2n) is 5.46. The summed E-state index contributed by atoms with van der Waals surface area (Å²) < 4.78 is 20.2. The Morgan fingerprint density at radius 3 is 2.85 bits per heavy atom. The molecule has 0 radical (unpaired) electrons. The smallest absolute Gasteiger partial charge is 0.404 e. The van der Waals surface area contributed by atoms with Gasteiger partial charge < -0.3 is 26.2 Å². The van der Waals surface area contributed by atoms with E-state index < -0.39 is 11.9 Å². The molecule has 140 valence electrons. The molecule has 8 nitrogen and oxygen atoms in total. The van der Waals surface area contributed by atoms with E-state index in [-0.39, 0.29) is 18.8 Å². The first-order chi connectivity index (χ1) is 12.9. The number of ether oxygens (including phenoxy) is 1. The van der Waals surface area contributed by atoms with Crippen molar-refractivity contribution in [2.75, 3.05) is 24.2 Å². The maximum Gasteiger partial charge on any atom is 0.404 e. The number of carboxylic acid groups (broad SMARTS) is 1. The van der Waals surface area contributed by atoms with E-state index in [2.05, 4.69) is 36.5 Å². The zero-order chi connectivity index (χ0) is 19.4. The maximum absolute atomic E-state index is 14.1. The first kappa shape index (κ1) is 18.6. The minimum Gasteiger partial charge on any atom is -0.490 e. The molecule has 3 aromatic rings. The van der Waals surface area contributed by atoms with Crippen LogP contribution in [0.1, 0.15) is 0 Å². The van der Waals surface area contributed by atoms with Crippen LogP contribution in [0, 0.1) is 5.82 Å². The van der Waals surface area contributed by atoms with Crippen LogP contribution in [0.3, 0.4) is 0 Å². The number of rotatable bonds is 6. The Labute approximate surface area is 161 Å². The summed E-state index contributed by atoms with van der Waals surface area (Å²) in [7, 11) is 0. The van der Waals surface area contributed by atoms with E-state index in [4.69, 9.17) is 15.6 Å². The number of nitrogens with one attached hydrogen (secondary N) is 2. The minimum atomic E-state index is -1.13. The highest BCUT2D eigenvalue weighted by molar-refractivity contribution is 9.10. The standard InChI is InChI=1S/C17H15BrFN5O3/c18-9-1-2-13(11(19)5-9)24-16-10-6-12(20)15(7-14(10)22-8-23-16)27-4-3-21-17(25)26/h1-2,5-8,21H,3-4,20H2,(H,25,26)(H,22,23,24). The number of hydrogen-bond acceptors (Lipinski definition) is 6. The molecule has 0 spiro atoms. The van der Waals surface area contributed by atoms with Gasteiger partial charge in [0.25, 0.3) is 0 Å². The summed E-state index contributed by atoms with van der Waals surface area (Å²) in [5, 5.41) is 14.3. The lowest BCUT2D eigenvalue weighted by atomic mass is 10.2. The second kappa shape index (κ2) is 8.04. The van der Waals surface area contributed by atoms with E-state index in [0.717, 1.165) is 0 Å². The number of amides is 1. The van der Waals surface area contributed by atoms with Crippen molar-refractivity contribution in [3.8, 4) is 5.75 Å². The van der Waals surface area contributed by atoms with Crippen LogP contribution in [0.25, 0.3) is 10.9 Å². The van der Waals surface area contributed by atoms with Crippen LogP contribution in [0.4, 0.5) is 26.4 Å². The SMILES string of the molecule is Nc1cc2c(Nc3ccc(Br)cc3F)ncnc2cc1OCCNC(=O)O. The number of carbonyl (C=O) groups is 1. The number of benzene rings is 2. The molecule has 0 bridgehead atoms. The topological polar surface area (TPSA) is 122 Å². The average Bonchev–Trinajstić information content (AvgIpc) is 2.61. The van der Waals surface area contributed by atoms with Gasteiger partial charge in [-0.25, -0.2) is 19.2 Å². The van der Waals surface area contributed by atoms with Gasteiger partial charge in [0.05, 0.1) is 23.4 Å². The van der Waals surface area contributed by atoms with Crippen LogP contribution < -0.4 is 21.1 Å². The van der Waals surface area contributed by atoms with E-state index in [0.29, 0.717) is 32.6 Å². The molecule has 1 aromatic heterocycles. The number of anilines is 3. The summed E-state index contributed by atoms with van der Waals surface area (Å²) in [5.41, 5.74) is 7.14. The Hall–Kier alpha value is -3.14. The molecule has 0 aliphatic heterocycles. The highest BCUT2D eigenvalue weighted by Crippen LogP contribution is 2.32. The van der Waals surface area contributed by atoms with Crippen LogP contribution in [-0.2, 0) is 0 Å². The average molecular weight is 436 g/mol. The molecule has 1 amide bonds. The molecule has 0 atom stereocenters. The number of fused-ring (bicyclic) bond motifs is 1. The van der Waals surface area contributed by atoms with Crippen LogP contribution in [-0.4, -0.2) is 34.3 Å². The predicted molar refractivity (Wildman–Crippen MR) is 103 cm³/mol. The number of nitrogens with zero attached hydrogens (tertiary/aromatic N) is 2. The summed E-state index contributed by atoms with van der Waals surface area (Å²) in [6, 6.07) is 7.88. The zero-order valence-electron chi connectivity index (χ0n) is 13.9. The summed E-state index contributed by atoms with van der Waals surface area (Å²) >= 11 is 3.21. The van der Waals surface area contributed by atoms with E-state index in [9.17, 15) is 9.18 Å². The van der Waals surface area contributed by atoms with Crippen molar-refractivity contribution in [2.24, 2.45) is 0 Å². The number of nitrogen functional groups attached to an aromatic ring is 1. The van der Waals surface area contributed by atoms with Crippen molar-refractivity contribution in [3.63, 3.8) is 0 Å². The first-order valence-corrected chi connectivity index (χ1v) is 8.59. The summed E-state index contributed by atoms with van der Waals surface area (Å²) in [6.07, 6.45) is 0.210. The third kappa shape index (κ3) is 4.53. The van der Waals surface area contributed by atoms with Gasteiger partial charge in [-0.2, -0.15) is 0 Å². The van der Waals surface area contributed by atoms with E-state index in [1.807, 2.05) is 0 Å². The Morgan fingerprint density at radius 2 is 2.11 bits per heavy atom. The van der Waals surface area contributed by atoms with Crippen LogP contribution >= 0.6 is 15.9 Å². The first-order valence-electron chi connectivity index (χ1n) is 7.80. The molecule has 0 aliphatic carbocycles. The van der Waals surface area contributed by atoms with Gasteiger partial charge in [-0.3, -0.25) is 0 Å². The maximum atomic E-state index is 14.1. The van der Waals surface area contributed by atoms with Crippen molar-refractivity contribution in [3.05, 3.63) is 46.9 Å². The van der Waals surface area contributed by atoms with Gasteiger partial charge >= 0.3 is 6.09 Å². The largest absolute Gasteiger partial charge is 0.490 e. The molecule has 0 aliphatic rings. The van der Waals surface area contributed by atoms with E-state index in [1.165, 1.54) is 12.4 Å². The number of hydrogen-bond donors (Lipinski definition) is 4. The van der Waals surface area contributed by atoms with Crippen molar-refractivity contribution in [2.45, 2.75) is 0 Å². The Bertz CT molecular complexity index is 1000. The zero-order valence-corrected chi connectivity index (χ0v) is 15.5. The number of nitrogens with two attached hydrogens (primary N) is 1. The quantitative estimate of drug-likeness (QED) is 0.345. The molecular weight excluding hydrogens is 421 g/mol. The molecule has 27 heavy (non-hydrogen) atoms. The highest BCUT2D eigenvalue weighted by atomic mass is 79.9. The van der Waals surface area contributed by atoms with Crippen molar-refractivity contribution in [1.29, 1.82) is 0 Å². The molecule has 5 N–H and O–H groups in total. The van der Waals surface area contributed by atoms with Gasteiger partial charge in [0, 0.05) is 15.9 Å². The molecule has 1 heterocycles. The molecule has 0 saturated heterocycles. The van der Waals surface area contributed by atoms with Gasteiger partial charge in [-0.05, 0) is 24.3 Å². The predicted octanol–water partition coefficient (Wildman–Crippen LogP) is 3.50. The third-order valence-corrected chi connectivity index (χ3v) is 4.08. The molecular formula is C17H15BrFN5O3. The van der Waals surface area contributed by atoms with Crippen LogP contribution in [0.2, 0.25) is 0 Å². The van der Waals surface area contributed by atoms with Gasteiger partial charge in [-0.15, -0.1) is 0 Å². The number of aromatic nitrogens is 2. The monoisotopic (exact) mass is 435 g/mol. The molecule has 0 unspecified atom stereocenters. The molecule has 3 rings (SSSR count).